The van der Waals surface area contributed by atoms with E-state index in [1.807, 2.05) is 0 Å². The van der Waals surface area contributed by atoms with Gasteiger partial charge in [0.25, 0.3) is 0 Å². The smallest absolute Gasteiger partial charge is 0.325 e. The summed E-state index contributed by atoms with van der Waals surface area (Å²) < 4.78 is 0. The fourth-order valence-corrected chi connectivity index (χ4v) is 3.28. The van der Waals surface area contributed by atoms with Gasteiger partial charge < -0.3 is 20.4 Å². The summed E-state index contributed by atoms with van der Waals surface area (Å²) in [7, 11) is 0. The lowest BCUT2D eigenvalue weighted by Crippen LogP contribution is -2.42. The van der Waals surface area contributed by atoms with E-state index < -0.39 is 23.9 Å². The second-order valence-electron chi connectivity index (χ2n) is 6.71. The normalized spacial score (nSPS) is 18.6. The first-order valence-electron chi connectivity index (χ1n) is 8.90. The number of hydrogen-bond donors (Lipinski definition) is 4. The van der Waals surface area contributed by atoms with Crippen molar-refractivity contribution in [3.8, 4) is 5.75 Å². The molecule has 10 nitrogen and oxygen atoms in total. The van der Waals surface area contributed by atoms with Gasteiger partial charge in [-0.25, -0.2) is 0 Å². The van der Waals surface area contributed by atoms with Crippen LogP contribution in [0.5, 0.6) is 5.75 Å². The summed E-state index contributed by atoms with van der Waals surface area (Å²) >= 11 is 0. The van der Waals surface area contributed by atoms with Gasteiger partial charge in [0.2, 0.25) is 0 Å². The molecule has 1 unspecified atom stereocenters. The Hall–Kier alpha value is -2.69. The molecule has 1 aliphatic heterocycles. The van der Waals surface area contributed by atoms with Crippen LogP contribution in [-0.4, -0.2) is 105 Å². The summed E-state index contributed by atoms with van der Waals surface area (Å²) in [6.45, 7) is 1.66. The molecule has 0 spiro atoms. The van der Waals surface area contributed by atoms with E-state index in [0.717, 1.165) is 0 Å². The topological polar surface area (TPSA) is 142 Å². The molecule has 0 bridgehead atoms. The van der Waals surface area contributed by atoms with Gasteiger partial charge in [-0.05, 0) is 17.7 Å². The Morgan fingerprint density at radius 1 is 0.786 bits per heavy atom. The maximum Gasteiger partial charge on any atom is 0.325 e. The van der Waals surface area contributed by atoms with Gasteiger partial charge in [-0.1, -0.05) is 12.1 Å². The van der Waals surface area contributed by atoms with Crippen LogP contribution in [0.3, 0.4) is 0 Å². The minimum atomic E-state index is -1.07. The molecule has 1 aliphatic rings. The van der Waals surface area contributed by atoms with Gasteiger partial charge in [0.15, 0.2) is 0 Å². The van der Waals surface area contributed by atoms with Gasteiger partial charge in [-0.2, -0.15) is 0 Å². The molecule has 1 aromatic carbocycles. The predicted octanol–water partition coefficient (Wildman–Crippen LogP) is -0.393. The van der Waals surface area contributed by atoms with Crippen molar-refractivity contribution in [2.45, 2.75) is 6.04 Å². The van der Waals surface area contributed by atoms with Gasteiger partial charge in [-0.15, -0.1) is 0 Å². The first-order valence-corrected chi connectivity index (χ1v) is 8.90. The van der Waals surface area contributed by atoms with Crippen LogP contribution in [0.25, 0.3) is 0 Å². The van der Waals surface area contributed by atoms with Gasteiger partial charge in [0.05, 0.1) is 13.1 Å². The number of carboxylic acids is 3. The molecule has 154 valence electrons. The molecule has 0 radical (unpaired) electrons. The Kier molecular flexibility index (Phi) is 7.73. The third kappa shape index (κ3) is 6.48. The highest BCUT2D eigenvalue weighted by atomic mass is 16.4. The fourth-order valence-electron chi connectivity index (χ4n) is 3.28. The molecule has 1 saturated heterocycles. The average Bonchev–Trinajstić information content (AvgIpc) is 2.69. The van der Waals surface area contributed by atoms with E-state index in [1.165, 1.54) is 24.3 Å². The first kappa shape index (κ1) is 21.6. The quantitative estimate of drug-likeness (QED) is 0.482. The highest BCUT2D eigenvalue weighted by Gasteiger charge is 2.29. The van der Waals surface area contributed by atoms with E-state index in [9.17, 15) is 24.6 Å². The van der Waals surface area contributed by atoms with Gasteiger partial charge in [0.1, 0.15) is 11.8 Å². The molecule has 0 aromatic heterocycles. The number of carboxylic acid groups (broad SMARTS) is 3. The summed E-state index contributed by atoms with van der Waals surface area (Å²) in [5.41, 5.74) is 0.485. The molecule has 0 saturated carbocycles. The zero-order valence-corrected chi connectivity index (χ0v) is 15.4. The van der Waals surface area contributed by atoms with Crippen molar-refractivity contribution >= 4 is 17.9 Å². The van der Waals surface area contributed by atoms with Gasteiger partial charge >= 0.3 is 17.9 Å². The monoisotopic (exact) mass is 395 g/mol. The zero-order chi connectivity index (χ0) is 20.7. The number of hydrogen-bond acceptors (Lipinski definition) is 7. The van der Waals surface area contributed by atoms with Crippen molar-refractivity contribution < 1.29 is 34.8 Å². The molecule has 10 heteroatoms. The third-order valence-electron chi connectivity index (χ3n) is 4.66. The standard InChI is InChI=1S/C18H25N3O7/c22-14-3-1-13(2-4-14)17(18(27)28)21-9-7-19(11-15(23)24)5-6-20(8-10-21)12-16(25)26/h1-4,17,22H,5-12H2,(H,23,24)(H,25,26)(H,27,28). The number of nitrogens with zero attached hydrogens (tertiary/aromatic N) is 3. The lowest BCUT2D eigenvalue weighted by atomic mass is 10.0. The van der Waals surface area contributed by atoms with Crippen molar-refractivity contribution in [3.05, 3.63) is 29.8 Å². The number of phenols is 1. The Morgan fingerprint density at radius 2 is 1.21 bits per heavy atom. The molecule has 1 atom stereocenters. The zero-order valence-electron chi connectivity index (χ0n) is 15.4. The van der Waals surface area contributed by atoms with Crippen molar-refractivity contribution in [3.63, 3.8) is 0 Å². The molecule has 1 aromatic rings. The first-order chi connectivity index (χ1) is 13.3. The Balaban J connectivity index is 2.25. The van der Waals surface area contributed by atoms with Crippen molar-refractivity contribution in [2.24, 2.45) is 0 Å². The minimum Gasteiger partial charge on any atom is -0.508 e. The van der Waals surface area contributed by atoms with Crippen molar-refractivity contribution in [2.75, 3.05) is 52.4 Å². The number of rotatable bonds is 7. The maximum atomic E-state index is 12.0. The SMILES string of the molecule is O=C(O)CN1CCN(CC(=O)O)CCN(C(C(=O)O)c2ccc(O)cc2)CC1. The van der Waals surface area contributed by atoms with E-state index in [-0.39, 0.29) is 18.8 Å². The maximum absolute atomic E-state index is 12.0. The highest BCUT2D eigenvalue weighted by Crippen LogP contribution is 2.23. The van der Waals surface area contributed by atoms with Crippen LogP contribution in [-0.2, 0) is 14.4 Å². The highest BCUT2D eigenvalue weighted by molar-refractivity contribution is 5.75. The fraction of sp³-hybridized carbons (Fsp3) is 0.500. The summed E-state index contributed by atoms with van der Waals surface area (Å²) in [6.07, 6.45) is 0. The Morgan fingerprint density at radius 3 is 1.61 bits per heavy atom. The molecule has 4 N–H and O–H groups in total. The molecule has 1 fully saturated rings. The molecule has 0 amide bonds. The van der Waals surface area contributed by atoms with Gasteiger partial charge in [0, 0.05) is 39.3 Å². The predicted molar refractivity (Wildman–Crippen MR) is 98.2 cm³/mol. The number of carbonyl (C=O) groups is 3. The van der Waals surface area contributed by atoms with Crippen LogP contribution >= 0.6 is 0 Å². The van der Waals surface area contributed by atoms with Crippen LogP contribution in [0.15, 0.2) is 24.3 Å². The second-order valence-corrected chi connectivity index (χ2v) is 6.71. The number of aliphatic carboxylic acids is 3. The van der Waals surface area contributed by atoms with E-state index in [4.69, 9.17) is 10.2 Å². The van der Waals surface area contributed by atoms with E-state index in [1.54, 1.807) is 14.7 Å². The number of phenolic OH excluding ortho intramolecular Hbond substituents is 1. The molecule has 28 heavy (non-hydrogen) atoms. The van der Waals surface area contributed by atoms with Crippen LogP contribution in [0.1, 0.15) is 11.6 Å². The minimum absolute atomic E-state index is 0.0256. The summed E-state index contributed by atoms with van der Waals surface area (Å²) in [6, 6.07) is 4.90. The van der Waals surface area contributed by atoms with Crippen LogP contribution in [0, 0.1) is 0 Å². The average molecular weight is 395 g/mol. The summed E-state index contributed by atoms with van der Waals surface area (Å²) in [4.78, 5) is 39.2. The number of aromatic hydroxyl groups is 1. The molecule has 1 heterocycles. The lowest BCUT2D eigenvalue weighted by molar-refractivity contribution is -0.144. The van der Waals surface area contributed by atoms with Crippen molar-refractivity contribution in [1.29, 1.82) is 0 Å². The molecule has 0 aliphatic carbocycles. The summed E-state index contributed by atoms with van der Waals surface area (Å²) in [5.74, 6) is -3.04. The van der Waals surface area contributed by atoms with Crippen molar-refractivity contribution in [1.82, 2.24) is 14.7 Å². The third-order valence-corrected chi connectivity index (χ3v) is 4.66. The lowest BCUT2D eigenvalue weighted by Gasteiger charge is -2.30. The Labute approximate surface area is 162 Å². The molecular weight excluding hydrogens is 370 g/mol. The van der Waals surface area contributed by atoms with E-state index in [2.05, 4.69) is 0 Å². The van der Waals surface area contributed by atoms with Crippen LogP contribution < -0.4 is 0 Å². The largest absolute Gasteiger partial charge is 0.508 e. The molecule has 2 rings (SSSR count). The number of benzene rings is 1. The van der Waals surface area contributed by atoms with Crippen LogP contribution in [0.2, 0.25) is 0 Å². The molecular formula is C18H25N3O7. The summed E-state index contributed by atoms with van der Waals surface area (Å²) in [5, 5.41) is 37.4. The Bertz CT molecular complexity index is 667. The van der Waals surface area contributed by atoms with E-state index >= 15 is 0 Å². The van der Waals surface area contributed by atoms with Crippen LogP contribution in [0.4, 0.5) is 0 Å². The second kappa shape index (κ2) is 10.0. The van der Waals surface area contributed by atoms with E-state index in [0.29, 0.717) is 44.8 Å². The van der Waals surface area contributed by atoms with Gasteiger partial charge in [-0.3, -0.25) is 29.1 Å².